The van der Waals surface area contributed by atoms with Gasteiger partial charge in [-0.2, -0.15) is 0 Å². The van der Waals surface area contributed by atoms with Gasteiger partial charge in [0, 0.05) is 18.3 Å². The number of carbonyl (C=O) groups excluding carboxylic acids is 5. The summed E-state index contributed by atoms with van der Waals surface area (Å²) in [6, 6.07) is 11.5. The van der Waals surface area contributed by atoms with Crippen molar-refractivity contribution in [1.82, 2.24) is 0 Å². The summed E-state index contributed by atoms with van der Waals surface area (Å²) in [6.45, 7) is 0. The van der Waals surface area contributed by atoms with Crippen LogP contribution in [0.1, 0.15) is 33.8 Å². The number of phenolic OH excluding ortho intramolecular Hbond substituents is 1. The molecule has 2 aromatic carbocycles. The second-order valence-corrected chi connectivity index (χ2v) is 9.92. The third-order valence-corrected chi connectivity index (χ3v) is 8.13. The molecule has 7 atom stereocenters. The van der Waals surface area contributed by atoms with Gasteiger partial charge >= 0.3 is 0 Å². The molecule has 3 aliphatic rings. The molecule has 3 aliphatic carbocycles. The van der Waals surface area contributed by atoms with Crippen molar-refractivity contribution < 1.29 is 44.0 Å². The van der Waals surface area contributed by atoms with E-state index in [1.165, 1.54) is 13.2 Å². The normalized spacial score (nSPS) is 32.8. The summed E-state index contributed by atoms with van der Waals surface area (Å²) >= 11 is 0. The van der Waals surface area contributed by atoms with E-state index in [0.717, 1.165) is 5.56 Å². The Bertz CT molecular complexity index is 1350. The Kier molecular flexibility index (Phi) is 5.76. The second kappa shape index (κ2) is 8.60. The van der Waals surface area contributed by atoms with E-state index in [1.807, 2.05) is 0 Å². The molecule has 0 saturated heterocycles. The molecule has 0 aromatic heterocycles. The lowest BCUT2D eigenvalue weighted by molar-refractivity contribution is -0.189. The Balaban J connectivity index is 1.66. The fraction of sp³-hybridized carbons (Fsp3) is 0.370. The van der Waals surface area contributed by atoms with Crippen LogP contribution in [-0.4, -0.2) is 63.2 Å². The number of hydrogen-bond acceptors (Lipinski definition) is 9. The lowest BCUT2D eigenvalue weighted by Crippen LogP contribution is -2.72. The van der Waals surface area contributed by atoms with Gasteiger partial charge in [-0.3, -0.25) is 24.0 Å². The van der Waals surface area contributed by atoms with E-state index >= 15 is 0 Å². The van der Waals surface area contributed by atoms with Gasteiger partial charge in [0.15, 0.2) is 34.7 Å². The van der Waals surface area contributed by atoms with Crippen LogP contribution in [0, 0.1) is 23.7 Å². The molecule has 1 amide bonds. The minimum Gasteiger partial charge on any atom is -0.507 e. The molecular formula is C27H25NO9. The van der Waals surface area contributed by atoms with Gasteiger partial charge in [-0.05, 0) is 41.7 Å². The van der Waals surface area contributed by atoms with Crippen LogP contribution >= 0.6 is 0 Å². The van der Waals surface area contributed by atoms with Crippen molar-refractivity contribution >= 4 is 29.0 Å². The zero-order chi connectivity index (χ0) is 26.8. The highest BCUT2D eigenvalue weighted by atomic mass is 16.5. The van der Waals surface area contributed by atoms with E-state index < -0.39 is 76.8 Å². The molecule has 37 heavy (non-hydrogen) atoms. The number of primary amides is 1. The fourth-order valence-electron chi connectivity index (χ4n) is 6.39. The predicted molar refractivity (Wildman–Crippen MR) is 126 cm³/mol. The first-order valence-electron chi connectivity index (χ1n) is 11.8. The Morgan fingerprint density at radius 2 is 1.76 bits per heavy atom. The van der Waals surface area contributed by atoms with E-state index in [1.54, 1.807) is 36.4 Å². The van der Waals surface area contributed by atoms with Gasteiger partial charge in [0.05, 0.1) is 24.7 Å². The summed E-state index contributed by atoms with van der Waals surface area (Å²) in [5.74, 6) is -12.5. The molecule has 2 saturated carbocycles. The van der Waals surface area contributed by atoms with Crippen molar-refractivity contribution in [2.75, 3.05) is 7.11 Å². The van der Waals surface area contributed by atoms with Gasteiger partial charge in [0.2, 0.25) is 5.91 Å². The van der Waals surface area contributed by atoms with Crippen LogP contribution in [-0.2, 0) is 25.6 Å². The number of phenols is 1. The molecule has 10 nitrogen and oxygen atoms in total. The summed E-state index contributed by atoms with van der Waals surface area (Å²) in [7, 11) is 1.52. The number of aliphatic hydroxyl groups excluding tert-OH is 1. The zero-order valence-corrected chi connectivity index (χ0v) is 19.8. The number of nitrogens with two attached hydrogens (primary N) is 1. The van der Waals surface area contributed by atoms with Crippen molar-refractivity contribution in [3.63, 3.8) is 0 Å². The molecule has 10 heteroatoms. The van der Waals surface area contributed by atoms with Crippen LogP contribution in [0.15, 0.2) is 42.5 Å². The number of hydrogen-bond donors (Lipinski definition) is 4. The number of ketones is 4. The molecular weight excluding hydrogens is 482 g/mol. The third-order valence-electron chi connectivity index (χ3n) is 8.13. The molecule has 5 rings (SSSR count). The van der Waals surface area contributed by atoms with Crippen molar-refractivity contribution in [3.05, 3.63) is 59.2 Å². The quantitative estimate of drug-likeness (QED) is 0.417. The molecule has 0 spiro atoms. The molecule has 5 N–H and O–H groups in total. The van der Waals surface area contributed by atoms with Crippen molar-refractivity contribution in [2.24, 2.45) is 29.4 Å². The summed E-state index contributed by atoms with van der Waals surface area (Å²) < 4.78 is 5.19. The Morgan fingerprint density at radius 3 is 2.38 bits per heavy atom. The lowest BCUT2D eigenvalue weighted by Gasteiger charge is -2.53. The summed E-state index contributed by atoms with van der Waals surface area (Å²) in [5.41, 5.74) is 3.31. The van der Waals surface area contributed by atoms with Gasteiger partial charge in [-0.15, -0.1) is 0 Å². The van der Waals surface area contributed by atoms with Crippen molar-refractivity contribution in [3.8, 4) is 11.5 Å². The van der Waals surface area contributed by atoms with E-state index in [9.17, 15) is 39.3 Å². The molecule has 0 heterocycles. The number of ether oxygens (including phenoxy) is 1. The number of amides is 1. The first kappa shape index (κ1) is 24.8. The third kappa shape index (κ3) is 3.43. The molecule has 2 fully saturated rings. The number of Topliss-reactive ketones (excluding diaryl/α,β-unsaturated/α-hetero) is 4. The first-order valence-corrected chi connectivity index (χ1v) is 11.8. The highest BCUT2D eigenvalue weighted by Crippen LogP contribution is 2.54. The highest BCUT2D eigenvalue weighted by Gasteiger charge is 2.70. The number of methoxy groups -OCH3 is 1. The van der Waals surface area contributed by atoms with E-state index in [-0.39, 0.29) is 17.7 Å². The monoisotopic (exact) mass is 507 g/mol. The van der Waals surface area contributed by atoms with Crippen molar-refractivity contribution in [1.29, 1.82) is 0 Å². The molecule has 192 valence electrons. The highest BCUT2D eigenvalue weighted by molar-refractivity contribution is 6.31. The maximum Gasteiger partial charge on any atom is 0.235 e. The van der Waals surface area contributed by atoms with Crippen LogP contribution in [0.5, 0.6) is 11.5 Å². The average molecular weight is 507 g/mol. The Labute approximate surface area is 211 Å². The summed E-state index contributed by atoms with van der Waals surface area (Å²) in [4.78, 5) is 65.0. The van der Waals surface area contributed by atoms with Crippen LogP contribution in [0.3, 0.4) is 0 Å². The van der Waals surface area contributed by atoms with Crippen LogP contribution in [0.25, 0.3) is 0 Å². The second-order valence-electron chi connectivity index (χ2n) is 9.92. The maximum absolute atomic E-state index is 13.8. The fourth-order valence-corrected chi connectivity index (χ4v) is 6.39. The Morgan fingerprint density at radius 1 is 1.08 bits per heavy atom. The average Bonchev–Trinajstić information content (AvgIpc) is 2.86. The molecule has 2 aromatic rings. The van der Waals surface area contributed by atoms with E-state index in [4.69, 9.17) is 10.5 Å². The maximum atomic E-state index is 13.8. The SMILES string of the molecule is COc1ccc(C[C@H]2c3cccc(O)c3C(=O)C3C(=O)[C@]4(O)C(=O)C(C(N)=O)C(=O)C[C@@H]4[C@@H](O)[C@@H]32)cc1. The minimum absolute atomic E-state index is 0.129. The van der Waals surface area contributed by atoms with Gasteiger partial charge in [-0.25, -0.2) is 0 Å². The number of fused-ring (bicyclic) bond motifs is 3. The van der Waals surface area contributed by atoms with E-state index in [0.29, 0.717) is 11.3 Å². The first-order chi connectivity index (χ1) is 17.5. The van der Waals surface area contributed by atoms with Gasteiger partial charge in [-0.1, -0.05) is 24.3 Å². The van der Waals surface area contributed by atoms with E-state index in [2.05, 4.69) is 0 Å². The zero-order valence-electron chi connectivity index (χ0n) is 19.8. The molecule has 2 unspecified atom stereocenters. The molecule has 0 aliphatic heterocycles. The van der Waals surface area contributed by atoms with Crippen LogP contribution in [0.2, 0.25) is 0 Å². The number of rotatable bonds is 4. The van der Waals surface area contributed by atoms with Gasteiger partial charge < -0.3 is 25.8 Å². The Hall–Kier alpha value is -3.89. The summed E-state index contributed by atoms with van der Waals surface area (Å²) in [6.07, 6.45) is -2.03. The number of aliphatic hydroxyl groups is 2. The lowest BCUT2D eigenvalue weighted by atomic mass is 9.50. The standard InChI is InChI=1S/C27H25NO9/c1-37-12-7-5-11(6-8-12)9-14-13-3-2-4-16(29)18(13)23(32)21-19(14)22(31)15-10-17(30)20(26(28)35)24(33)27(15,36)25(21)34/h2-8,14-15,19-22,29,31,36H,9-10H2,1H3,(H2,28,35)/t14-,15+,19+,20?,21?,22+,27+/m0/s1. The number of benzene rings is 2. The number of carbonyl (C=O) groups is 5. The van der Waals surface area contributed by atoms with Gasteiger partial charge in [0.1, 0.15) is 11.5 Å². The van der Waals surface area contributed by atoms with Crippen LogP contribution in [0.4, 0.5) is 0 Å². The smallest absolute Gasteiger partial charge is 0.235 e. The van der Waals surface area contributed by atoms with Crippen LogP contribution < -0.4 is 10.5 Å². The minimum atomic E-state index is -2.95. The topological polar surface area (TPSA) is 181 Å². The molecule has 0 bridgehead atoms. The number of aromatic hydroxyl groups is 1. The van der Waals surface area contributed by atoms with Gasteiger partial charge in [0.25, 0.3) is 0 Å². The largest absolute Gasteiger partial charge is 0.507 e. The van der Waals surface area contributed by atoms with Crippen molar-refractivity contribution in [2.45, 2.75) is 30.5 Å². The predicted octanol–water partition coefficient (Wildman–Crippen LogP) is 0.0901. The summed E-state index contributed by atoms with van der Waals surface area (Å²) in [5, 5.41) is 33.5. The molecule has 0 radical (unpaired) electrons.